The number of benzene rings is 1. The molecule has 0 aromatic heterocycles. The standard InChI is InChI=1S/C16H20FN3O3/c17-15-11-13(20(22)23)5-6-14(15)16(21)19-9-7-18(8-10-19)12-3-1-2-4-12/h5-6,11-12H,1-4,7-10H2. The van der Waals surface area contributed by atoms with E-state index in [1.807, 2.05) is 0 Å². The highest BCUT2D eigenvalue weighted by molar-refractivity contribution is 5.94. The maximum absolute atomic E-state index is 14.0. The molecule has 7 heteroatoms. The number of carbonyl (C=O) groups is 1. The number of non-ortho nitro benzene ring substituents is 1. The van der Waals surface area contributed by atoms with Gasteiger partial charge in [-0.3, -0.25) is 19.8 Å². The number of piperazine rings is 1. The van der Waals surface area contributed by atoms with Crippen LogP contribution in [-0.2, 0) is 0 Å². The lowest BCUT2D eigenvalue weighted by Crippen LogP contribution is -2.51. The van der Waals surface area contributed by atoms with E-state index in [2.05, 4.69) is 4.90 Å². The molecule has 1 aliphatic carbocycles. The first-order valence-corrected chi connectivity index (χ1v) is 8.03. The van der Waals surface area contributed by atoms with Crippen LogP contribution in [0.5, 0.6) is 0 Å². The van der Waals surface area contributed by atoms with Crippen molar-refractivity contribution < 1.29 is 14.1 Å². The normalized spacial score (nSPS) is 20.0. The van der Waals surface area contributed by atoms with E-state index in [0.29, 0.717) is 19.1 Å². The molecular formula is C16H20FN3O3. The van der Waals surface area contributed by atoms with Crippen molar-refractivity contribution in [3.8, 4) is 0 Å². The second kappa shape index (κ2) is 6.62. The van der Waals surface area contributed by atoms with E-state index in [9.17, 15) is 19.3 Å². The Balaban J connectivity index is 1.64. The fourth-order valence-corrected chi connectivity index (χ4v) is 3.52. The molecule has 23 heavy (non-hydrogen) atoms. The van der Waals surface area contributed by atoms with Gasteiger partial charge in [-0.05, 0) is 18.9 Å². The second-order valence-electron chi connectivity index (χ2n) is 6.19. The van der Waals surface area contributed by atoms with E-state index in [-0.39, 0.29) is 17.2 Å². The summed E-state index contributed by atoms with van der Waals surface area (Å²) in [6.07, 6.45) is 5.01. The minimum absolute atomic E-state index is 0.0927. The number of carbonyl (C=O) groups excluding carboxylic acids is 1. The third kappa shape index (κ3) is 3.34. The van der Waals surface area contributed by atoms with Gasteiger partial charge in [-0.1, -0.05) is 12.8 Å². The first kappa shape index (κ1) is 15.9. The lowest BCUT2D eigenvalue weighted by atomic mass is 10.1. The predicted octanol–water partition coefficient (Wildman–Crippen LogP) is 2.43. The van der Waals surface area contributed by atoms with Gasteiger partial charge in [-0.25, -0.2) is 4.39 Å². The Morgan fingerprint density at radius 2 is 1.83 bits per heavy atom. The molecule has 3 rings (SSSR count). The van der Waals surface area contributed by atoms with Gasteiger partial charge in [-0.2, -0.15) is 0 Å². The molecule has 1 heterocycles. The van der Waals surface area contributed by atoms with Gasteiger partial charge in [0.15, 0.2) is 0 Å². The molecule has 0 bridgehead atoms. The van der Waals surface area contributed by atoms with Crippen LogP contribution in [0.15, 0.2) is 18.2 Å². The lowest BCUT2D eigenvalue weighted by molar-refractivity contribution is -0.385. The number of nitro benzene ring substituents is 1. The third-order valence-corrected chi connectivity index (χ3v) is 4.84. The number of rotatable bonds is 3. The molecule has 0 spiro atoms. The average Bonchev–Trinajstić information content (AvgIpc) is 3.08. The minimum Gasteiger partial charge on any atom is -0.336 e. The molecule has 0 atom stereocenters. The van der Waals surface area contributed by atoms with E-state index >= 15 is 0 Å². The molecule has 124 valence electrons. The van der Waals surface area contributed by atoms with Crippen molar-refractivity contribution in [2.45, 2.75) is 31.7 Å². The van der Waals surface area contributed by atoms with Gasteiger partial charge < -0.3 is 4.90 Å². The Morgan fingerprint density at radius 1 is 1.17 bits per heavy atom. The van der Waals surface area contributed by atoms with Gasteiger partial charge >= 0.3 is 0 Å². The van der Waals surface area contributed by atoms with Crippen LogP contribution in [0.1, 0.15) is 36.0 Å². The van der Waals surface area contributed by atoms with Crippen molar-refractivity contribution in [3.05, 3.63) is 39.7 Å². The van der Waals surface area contributed by atoms with Crippen molar-refractivity contribution in [3.63, 3.8) is 0 Å². The highest BCUT2D eigenvalue weighted by atomic mass is 19.1. The zero-order chi connectivity index (χ0) is 16.4. The van der Waals surface area contributed by atoms with Crippen molar-refractivity contribution in [1.82, 2.24) is 9.80 Å². The molecule has 1 saturated heterocycles. The summed E-state index contributed by atoms with van der Waals surface area (Å²) in [4.78, 5) is 26.4. The molecule has 2 fully saturated rings. The van der Waals surface area contributed by atoms with E-state index in [1.165, 1.54) is 37.8 Å². The summed E-state index contributed by atoms with van der Waals surface area (Å²) >= 11 is 0. The molecule has 6 nitrogen and oxygen atoms in total. The molecule has 0 unspecified atom stereocenters. The van der Waals surface area contributed by atoms with Crippen LogP contribution in [0.2, 0.25) is 0 Å². The van der Waals surface area contributed by atoms with Gasteiger partial charge in [-0.15, -0.1) is 0 Å². The van der Waals surface area contributed by atoms with Gasteiger partial charge in [0.1, 0.15) is 5.82 Å². The lowest BCUT2D eigenvalue weighted by Gasteiger charge is -2.38. The highest BCUT2D eigenvalue weighted by Gasteiger charge is 2.29. The fourth-order valence-electron chi connectivity index (χ4n) is 3.52. The van der Waals surface area contributed by atoms with Crippen molar-refractivity contribution >= 4 is 11.6 Å². The molecule has 0 N–H and O–H groups in total. The third-order valence-electron chi connectivity index (χ3n) is 4.84. The fraction of sp³-hybridized carbons (Fsp3) is 0.562. The maximum atomic E-state index is 14.0. The SMILES string of the molecule is O=C(c1ccc([N+](=O)[O-])cc1F)N1CCN(C2CCCC2)CC1. The Labute approximate surface area is 134 Å². The Hall–Kier alpha value is -2.02. The molecule has 1 aromatic rings. The van der Waals surface area contributed by atoms with Crippen LogP contribution < -0.4 is 0 Å². The summed E-state index contributed by atoms with van der Waals surface area (Å²) < 4.78 is 14.0. The van der Waals surface area contributed by atoms with Crippen LogP contribution >= 0.6 is 0 Å². The summed E-state index contributed by atoms with van der Waals surface area (Å²) in [6.45, 7) is 2.77. The van der Waals surface area contributed by atoms with Crippen LogP contribution in [0.4, 0.5) is 10.1 Å². The number of halogens is 1. The minimum atomic E-state index is -0.831. The summed E-state index contributed by atoms with van der Waals surface area (Å²) in [6, 6.07) is 3.81. The number of nitrogens with zero attached hydrogens (tertiary/aromatic N) is 3. The van der Waals surface area contributed by atoms with E-state index in [0.717, 1.165) is 19.2 Å². The smallest absolute Gasteiger partial charge is 0.272 e. The van der Waals surface area contributed by atoms with E-state index in [4.69, 9.17) is 0 Å². The van der Waals surface area contributed by atoms with Crippen LogP contribution in [0.3, 0.4) is 0 Å². The largest absolute Gasteiger partial charge is 0.336 e. The average molecular weight is 321 g/mol. The number of hydrogen-bond acceptors (Lipinski definition) is 4. The molecule has 1 aromatic carbocycles. The van der Waals surface area contributed by atoms with E-state index in [1.54, 1.807) is 4.90 Å². The van der Waals surface area contributed by atoms with Crippen molar-refractivity contribution in [1.29, 1.82) is 0 Å². The second-order valence-corrected chi connectivity index (χ2v) is 6.19. The molecule has 1 aliphatic heterocycles. The zero-order valence-electron chi connectivity index (χ0n) is 12.9. The summed E-state index contributed by atoms with van der Waals surface area (Å²) in [5.41, 5.74) is -0.435. The number of hydrogen-bond donors (Lipinski definition) is 0. The van der Waals surface area contributed by atoms with Gasteiger partial charge in [0.2, 0.25) is 0 Å². The van der Waals surface area contributed by atoms with Gasteiger partial charge in [0.25, 0.3) is 11.6 Å². The summed E-state index contributed by atoms with van der Waals surface area (Å²) in [5.74, 6) is -1.22. The topological polar surface area (TPSA) is 66.7 Å². The Kier molecular flexibility index (Phi) is 4.56. The molecular weight excluding hydrogens is 301 g/mol. The Morgan fingerprint density at radius 3 is 2.39 bits per heavy atom. The Bertz CT molecular complexity index is 609. The zero-order valence-corrected chi connectivity index (χ0v) is 12.9. The van der Waals surface area contributed by atoms with Crippen LogP contribution in [-0.4, -0.2) is 52.9 Å². The molecule has 1 amide bonds. The van der Waals surface area contributed by atoms with Crippen molar-refractivity contribution in [2.75, 3.05) is 26.2 Å². The summed E-state index contributed by atoms with van der Waals surface area (Å²) in [7, 11) is 0. The first-order valence-electron chi connectivity index (χ1n) is 8.03. The number of nitro groups is 1. The quantitative estimate of drug-likeness (QED) is 0.633. The number of amides is 1. The van der Waals surface area contributed by atoms with Crippen molar-refractivity contribution in [2.24, 2.45) is 0 Å². The van der Waals surface area contributed by atoms with Gasteiger partial charge in [0.05, 0.1) is 16.6 Å². The predicted molar refractivity (Wildman–Crippen MR) is 82.8 cm³/mol. The maximum Gasteiger partial charge on any atom is 0.272 e. The van der Waals surface area contributed by atoms with Gasteiger partial charge in [0, 0.05) is 38.3 Å². The monoisotopic (exact) mass is 321 g/mol. The highest BCUT2D eigenvalue weighted by Crippen LogP contribution is 2.25. The first-order chi connectivity index (χ1) is 11.1. The summed E-state index contributed by atoms with van der Waals surface area (Å²) in [5, 5.41) is 10.6. The van der Waals surface area contributed by atoms with Crippen LogP contribution in [0, 0.1) is 15.9 Å². The van der Waals surface area contributed by atoms with Crippen LogP contribution in [0.25, 0.3) is 0 Å². The molecule has 2 aliphatic rings. The molecule has 1 saturated carbocycles. The van der Waals surface area contributed by atoms with E-state index < -0.39 is 10.7 Å². The molecule has 0 radical (unpaired) electrons.